The molecule has 0 atom stereocenters. The van der Waals surface area contributed by atoms with E-state index in [9.17, 15) is 14.9 Å². The van der Waals surface area contributed by atoms with E-state index in [0.717, 1.165) is 47.3 Å². The molecule has 0 unspecified atom stereocenters. The molecule has 2 aromatic carbocycles. The number of non-ortho nitro benzene ring substituents is 1. The Labute approximate surface area is 201 Å². The van der Waals surface area contributed by atoms with E-state index in [1.54, 1.807) is 28.8 Å². The van der Waals surface area contributed by atoms with Crippen LogP contribution in [0.1, 0.15) is 28.0 Å². The van der Waals surface area contributed by atoms with Crippen molar-refractivity contribution in [2.45, 2.75) is 19.3 Å². The lowest BCUT2D eigenvalue weighted by atomic mass is 10.0. The molecule has 3 heterocycles. The van der Waals surface area contributed by atoms with Gasteiger partial charge in [0, 0.05) is 39.2 Å². The number of hydrogen-bond acceptors (Lipinski definition) is 7. The topological polar surface area (TPSA) is 115 Å². The van der Waals surface area contributed by atoms with Gasteiger partial charge in [0.25, 0.3) is 17.5 Å². The number of aryl methyl sites for hydroxylation is 1. The molecule has 3 aromatic heterocycles. The fourth-order valence-electron chi connectivity index (χ4n) is 4.34. The van der Waals surface area contributed by atoms with Crippen LogP contribution in [0, 0.1) is 10.1 Å². The Balaban J connectivity index is 1.37. The number of fused-ring (bicyclic) bond motifs is 3. The molecule has 0 saturated heterocycles. The number of pyridine rings is 1. The third kappa shape index (κ3) is 3.39. The molecule has 5 aromatic rings. The fraction of sp³-hybridized carbons (Fsp3) is 0.130. The van der Waals surface area contributed by atoms with Crippen molar-refractivity contribution in [3.63, 3.8) is 0 Å². The average Bonchev–Trinajstić information content (AvgIpc) is 3.53. The molecule has 1 N–H and O–H groups in total. The number of thiazole rings is 1. The number of carbonyl (C=O) groups excluding carboxylic acids is 1. The maximum atomic E-state index is 13.4. The van der Waals surface area contributed by atoms with Crippen molar-refractivity contribution in [1.29, 1.82) is 0 Å². The van der Waals surface area contributed by atoms with Crippen LogP contribution in [0.5, 0.6) is 0 Å². The Bertz CT molecular complexity index is 1630. The largest absolute Gasteiger partial charge is 0.289 e. The Morgan fingerprint density at radius 3 is 2.76 bits per heavy atom. The second-order valence-electron chi connectivity index (χ2n) is 7.94. The first-order chi connectivity index (χ1) is 16.5. The number of benzene rings is 2. The molecule has 6 rings (SSSR count). The van der Waals surface area contributed by atoms with Crippen molar-refractivity contribution in [3.8, 4) is 11.3 Å². The van der Waals surface area contributed by atoms with Crippen LogP contribution in [0.15, 0.2) is 47.8 Å². The highest BCUT2D eigenvalue weighted by atomic mass is 35.5. The average molecular weight is 491 g/mol. The van der Waals surface area contributed by atoms with Crippen LogP contribution in [-0.2, 0) is 12.8 Å². The molecule has 9 nitrogen and oxygen atoms in total. The second-order valence-corrected chi connectivity index (χ2v) is 9.21. The quantitative estimate of drug-likeness (QED) is 0.269. The van der Waals surface area contributed by atoms with Crippen LogP contribution in [0.3, 0.4) is 0 Å². The van der Waals surface area contributed by atoms with E-state index < -0.39 is 4.92 Å². The number of halogens is 1. The summed E-state index contributed by atoms with van der Waals surface area (Å²) in [6.45, 7) is 0. The summed E-state index contributed by atoms with van der Waals surface area (Å²) < 4.78 is 1.62. The van der Waals surface area contributed by atoms with E-state index in [4.69, 9.17) is 16.6 Å². The number of nitrogens with zero attached hydrogens (tertiary/aromatic N) is 5. The molecule has 0 fully saturated rings. The Morgan fingerprint density at radius 2 is 1.97 bits per heavy atom. The van der Waals surface area contributed by atoms with Crippen molar-refractivity contribution in [2.24, 2.45) is 0 Å². The number of nitro benzene ring substituents is 1. The summed E-state index contributed by atoms with van der Waals surface area (Å²) in [7, 11) is 0. The number of carbonyl (C=O) groups is 1. The number of hydrogen-bond donors (Lipinski definition) is 1. The Morgan fingerprint density at radius 1 is 1.15 bits per heavy atom. The lowest BCUT2D eigenvalue weighted by Gasteiger charge is -2.12. The normalized spacial score (nSPS) is 12.9. The van der Waals surface area contributed by atoms with Crippen molar-refractivity contribution >= 4 is 56.3 Å². The van der Waals surface area contributed by atoms with Crippen LogP contribution in [-0.4, -0.2) is 30.4 Å². The molecule has 0 radical (unpaired) electrons. The van der Waals surface area contributed by atoms with Gasteiger partial charge in [0.15, 0.2) is 0 Å². The zero-order valence-electron chi connectivity index (χ0n) is 17.5. The van der Waals surface area contributed by atoms with E-state index >= 15 is 0 Å². The highest BCUT2D eigenvalue weighted by Gasteiger charge is 2.25. The lowest BCUT2D eigenvalue weighted by molar-refractivity contribution is -0.384. The molecule has 168 valence electrons. The summed E-state index contributed by atoms with van der Waals surface area (Å²) in [6, 6.07) is 11.6. The van der Waals surface area contributed by atoms with Crippen LogP contribution in [0.25, 0.3) is 27.1 Å². The summed E-state index contributed by atoms with van der Waals surface area (Å²) in [5.74, 6) is -0.123. The SMILES string of the molecule is O=C(Nc1nc2scc(-c3ccc([N+](=O)[O-])cc3)n2n1)c1c2c(nc3ccc(Cl)cc13)CCC2. The minimum Gasteiger partial charge on any atom is -0.289 e. The van der Waals surface area contributed by atoms with Gasteiger partial charge in [0.2, 0.25) is 4.96 Å². The molecule has 1 amide bonds. The standard InChI is InChI=1S/C23H15ClN6O3S/c24-13-6-9-18-16(10-13)20(15-2-1-3-17(15)25-18)21(31)26-22-27-23-29(28-22)19(11-34-23)12-4-7-14(8-5-12)30(32)33/h4-11H,1-3H2,(H,26,28,31). The Hall–Kier alpha value is -3.89. The maximum absolute atomic E-state index is 13.4. The summed E-state index contributed by atoms with van der Waals surface area (Å²) >= 11 is 7.59. The van der Waals surface area contributed by atoms with Crippen molar-refractivity contribution in [3.05, 3.63) is 79.8 Å². The molecule has 0 bridgehead atoms. The van der Waals surface area contributed by atoms with E-state index in [0.29, 0.717) is 20.9 Å². The van der Waals surface area contributed by atoms with Gasteiger partial charge in [-0.05, 0) is 55.2 Å². The van der Waals surface area contributed by atoms with Gasteiger partial charge >= 0.3 is 0 Å². The number of rotatable bonds is 4. The first-order valence-corrected chi connectivity index (χ1v) is 11.7. The molecule has 34 heavy (non-hydrogen) atoms. The molecule has 0 spiro atoms. The van der Waals surface area contributed by atoms with Crippen molar-refractivity contribution in [1.82, 2.24) is 19.6 Å². The Kier molecular flexibility index (Phi) is 4.78. The van der Waals surface area contributed by atoms with Gasteiger partial charge in [-0.3, -0.25) is 25.2 Å². The molecular formula is C23H15ClN6O3S. The minimum absolute atomic E-state index is 0.0129. The maximum Gasteiger partial charge on any atom is 0.269 e. The van der Waals surface area contributed by atoms with E-state index in [1.807, 2.05) is 11.4 Å². The third-order valence-electron chi connectivity index (χ3n) is 5.88. The monoisotopic (exact) mass is 490 g/mol. The first-order valence-electron chi connectivity index (χ1n) is 10.5. The summed E-state index contributed by atoms with van der Waals surface area (Å²) in [5.41, 5.74) is 4.68. The van der Waals surface area contributed by atoms with Gasteiger partial charge in [-0.25, -0.2) is 4.52 Å². The van der Waals surface area contributed by atoms with Gasteiger partial charge in [-0.2, -0.15) is 4.98 Å². The van der Waals surface area contributed by atoms with Gasteiger partial charge in [-0.15, -0.1) is 16.4 Å². The predicted octanol–water partition coefficient (Wildman–Crippen LogP) is 5.31. The minimum atomic E-state index is -0.442. The van der Waals surface area contributed by atoms with Crippen LogP contribution >= 0.6 is 22.9 Å². The molecule has 1 aliphatic rings. The van der Waals surface area contributed by atoms with Crippen LogP contribution < -0.4 is 5.32 Å². The third-order valence-corrected chi connectivity index (χ3v) is 6.93. The molecule has 11 heteroatoms. The summed E-state index contributed by atoms with van der Waals surface area (Å²) in [6.07, 6.45) is 2.57. The molecule has 0 saturated carbocycles. The highest BCUT2D eigenvalue weighted by Crippen LogP contribution is 2.32. The number of amides is 1. The fourth-order valence-corrected chi connectivity index (χ4v) is 5.35. The van der Waals surface area contributed by atoms with Crippen molar-refractivity contribution in [2.75, 3.05) is 5.32 Å². The zero-order valence-corrected chi connectivity index (χ0v) is 19.1. The van der Waals surface area contributed by atoms with E-state index in [-0.39, 0.29) is 17.5 Å². The lowest BCUT2D eigenvalue weighted by Crippen LogP contribution is -2.16. The summed E-state index contributed by atoms with van der Waals surface area (Å²) in [4.78, 5) is 33.7. The highest BCUT2D eigenvalue weighted by molar-refractivity contribution is 7.15. The van der Waals surface area contributed by atoms with E-state index in [2.05, 4.69) is 15.4 Å². The van der Waals surface area contributed by atoms with Crippen LogP contribution in [0.2, 0.25) is 5.02 Å². The van der Waals surface area contributed by atoms with Gasteiger partial charge in [0.1, 0.15) is 0 Å². The zero-order chi connectivity index (χ0) is 23.4. The number of nitrogens with one attached hydrogen (secondary N) is 1. The van der Waals surface area contributed by atoms with Crippen molar-refractivity contribution < 1.29 is 9.72 Å². The van der Waals surface area contributed by atoms with Gasteiger partial charge in [0.05, 0.1) is 21.7 Å². The molecule has 1 aliphatic carbocycles. The van der Waals surface area contributed by atoms with E-state index in [1.165, 1.54) is 23.5 Å². The van der Waals surface area contributed by atoms with Gasteiger partial charge < -0.3 is 0 Å². The molecular weight excluding hydrogens is 476 g/mol. The van der Waals surface area contributed by atoms with Gasteiger partial charge in [-0.1, -0.05) is 11.6 Å². The smallest absolute Gasteiger partial charge is 0.269 e. The first kappa shape index (κ1) is 20.7. The number of aromatic nitrogens is 4. The van der Waals surface area contributed by atoms with Crippen LogP contribution in [0.4, 0.5) is 11.6 Å². The predicted molar refractivity (Wildman–Crippen MR) is 130 cm³/mol. The summed E-state index contributed by atoms with van der Waals surface area (Å²) in [5, 5.41) is 21.4. The molecule has 0 aliphatic heterocycles. The number of anilines is 1. The second kappa shape index (κ2) is 7.86. The number of nitro groups is 1.